The summed E-state index contributed by atoms with van der Waals surface area (Å²) in [4.78, 5) is 16.5. The van der Waals surface area contributed by atoms with Gasteiger partial charge in [-0.05, 0) is 61.7 Å². The van der Waals surface area contributed by atoms with E-state index in [0.29, 0.717) is 5.56 Å². The number of rotatable bonds is 7. The van der Waals surface area contributed by atoms with Gasteiger partial charge < -0.3 is 4.57 Å². The number of carbonyl (C=O) groups excluding carboxylic acids is 1. The normalized spacial score (nSPS) is 12.1. The van der Waals surface area contributed by atoms with Crippen LogP contribution in [-0.2, 0) is 14.6 Å². The van der Waals surface area contributed by atoms with Gasteiger partial charge in [0.1, 0.15) is 17.5 Å². The Hall–Kier alpha value is -3.36. The molecule has 0 atom stereocenters. The molecule has 2 aromatic heterocycles. The van der Waals surface area contributed by atoms with E-state index < -0.39 is 15.7 Å². The Balaban J connectivity index is 1.85. The number of nitriles is 1. The van der Waals surface area contributed by atoms with Crippen molar-refractivity contribution in [2.24, 2.45) is 5.92 Å². The van der Waals surface area contributed by atoms with Gasteiger partial charge in [0.15, 0.2) is 0 Å². The monoisotopic (exact) mass is 487 g/mol. The first-order valence-electron chi connectivity index (χ1n) is 9.96. The van der Waals surface area contributed by atoms with E-state index in [2.05, 4.69) is 14.7 Å². The van der Waals surface area contributed by atoms with Gasteiger partial charge in [-0.2, -0.15) is 14.6 Å². The van der Waals surface area contributed by atoms with Crippen LogP contribution in [0.5, 0.6) is 0 Å². The SMILES string of the molecule is Cc1cc(/C=C(/C#N)C(=O)Nc2nc(S(=O)(=O)CC(C)C)ns2)c(C)n1-c1ccc(F)cc1. The van der Waals surface area contributed by atoms with Crippen LogP contribution in [0.15, 0.2) is 41.1 Å². The van der Waals surface area contributed by atoms with Crippen molar-refractivity contribution in [3.8, 4) is 11.8 Å². The van der Waals surface area contributed by atoms with Crippen molar-refractivity contribution in [1.82, 2.24) is 13.9 Å². The lowest BCUT2D eigenvalue weighted by Gasteiger charge is -2.09. The molecule has 11 heteroatoms. The van der Waals surface area contributed by atoms with Gasteiger partial charge in [-0.3, -0.25) is 10.1 Å². The van der Waals surface area contributed by atoms with Gasteiger partial charge in [0.05, 0.1) is 5.75 Å². The number of aryl methyl sites for hydroxylation is 1. The number of nitrogens with one attached hydrogen (secondary N) is 1. The number of sulfone groups is 1. The summed E-state index contributed by atoms with van der Waals surface area (Å²) in [5.41, 5.74) is 2.81. The molecule has 33 heavy (non-hydrogen) atoms. The summed E-state index contributed by atoms with van der Waals surface area (Å²) in [5, 5.41) is 11.6. The molecule has 8 nitrogen and oxygen atoms in total. The Labute approximate surface area is 195 Å². The highest BCUT2D eigenvalue weighted by atomic mass is 32.2. The maximum atomic E-state index is 13.3. The van der Waals surface area contributed by atoms with E-state index in [-0.39, 0.29) is 33.3 Å². The number of hydrogen-bond acceptors (Lipinski definition) is 7. The molecular formula is C22H22FN5O3S2. The third-order valence-electron chi connectivity index (χ3n) is 4.68. The second kappa shape index (κ2) is 9.64. The maximum absolute atomic E-state index is 13.3. The fraction of sp³-hybridized carbons (Fsp3) is 0.273. The number of aromatic nitrogens is 3. The number of nitrogens with zero attached hydrogens (tertiary/aromatic N) is 4. The van der Waals surface area contributed by atoms with Crippen LogP contribution in [0.1, 0.15) is 30.8 Å². The second-order valence-electron chi connectivity index (χ2n) is 7.82. The van der Waals surface area contributed by atoms with Crippen LogP contribution >= 0.6 is 11.5 Å². The quantitative estimate of drug-likeness (QED) is 0.397. The van der Waals surface area contributed by atoms with Crippen molar-refractivity contribution < 1.29 is 17.6 Å². The van der Waals surface area contributed by atoms with E-state index in [1.54, 1.807) is 26.0 Å². The number of halogens is 1. The molecule has 0 aliphatic heterocycles. The van der Waals surface area contributed by atoms with Crippen LogP contribution in [0.25, 0.3) is 11.8 Å². The lowest BCUT2D eigenvalue weighted by atomic mass is 10.1. The summed E-state index contributed by atoms with van der Waals surface area (Å²) in [6.45, 7) is 7.22. The van der Waals surface area contributed by atoms with Crippen molar-refractivity contribution in [2.45, 2.75) is 32.9 Å². The summed E-state index contributed by atoms with van der Waals surface area (Å²) < 4.78 is 43.5. The molecule has 0 aliphatic carbocycles. The summed E-state index contributed by atoms with van der Waals surface area (Å²) in [6, 6.07) is 9.67. The summed E-state index contributed by atoms with van der Waals surface area (Å²) in [5.74, 6) is -1.28. The number of benzene rings is 1. The molecule has 0 fully saturated rings. The lowest BCUT2D eigenvalue weighted by molar-refractivity contribution is -0.112. The minimum absolute atomic E-state index is 0.0136. The number of amides is 1. The van der Waals surface area contributed by atoms with Gasteiger partial charge >= 0.3 is 0 Å². The van der Waals surface area contributed by atoms with E-state index in [0.717, 1.165) is 28.6 Å². The number of hydrogen-bond donors (Lipinski definition) is 1. The number of anilines is 1. The van der Waals surface area contributed by atoms with Crippen LogP contribution in [0.3, 0.4) is 0 Å². The van der Waals surface area contributed by atoms with Crippen LogP contribution in [-0.4, -0.2) is 34.0 Å². The highest BCUT2D eigenvalue weighted by molar-refractivity contribution is 7.91. The third kappa shape index (κ3) is 5.53. The first kappa shape index (κ1) is 24.3. The highest BCUT2D eigenvalue weighted by Gasteiger charge is 2.23. The van der Waals surface area contributed by atoms with Crippen LogP contribution < -0.4 is 5.32 Å². The predicted molar refractivity (Wildman–Crippen MR) is 124 cm³/mol. The molecule has 0 radical (unpaired) electrons. The Bertz CT molecular complexity index is 1360. The summed E-state index contributed by atoms with van der Waals surface area (Å²) >= 11 is 0.731. The molecule has 0 aliphatic rings. The number of carbonyl (C=O) groups is 1. The fourth-order valence-corrected chi connectivity index (χ4v) is 5.64. The van der Waals surface area contributed by atoms with Crippen LogP contribution in [0, 0.1) is 36.9 Å². The summed E-state index contributed by atoms with van der Waals surface area (Å²) in [6.07, 6.45) is 1.44. The Kier molecular flexibility index (Phi) is 7.09. The molecule has 0 bridgehead atoms. The molecule has 1 N–H and O–H groups in total. The van der Waals surface area contributed by atoms with Gasteiger partial charge in [0.2, 0.25) is 15.0 Å². The lowest BCUT2D eigenvalue weighted by Crippen LogP contribution is -2.15. The van der Waals surface area contributed by atoms with Crippen molar-refractivity contribution in [3.63, 3.8) is 0 Å². The highest BCUT2D eigenvalue weighted by Crippen LogP contribution is 2.24. The molecule has 172 valence electrons. The molecule has 0 saturated carbocycles. The minimum atomic E-state index is -3.65. The van der Waals surface area contributed by atoms with Gasteiger partial charge in [-0.1, -0.05) is 13.8 Å². The zero-order chi connectivity index (χ0) is 24.3. The Morgan fingerprint density at radius 2 is 1.97 bits per heavy atom. The Morgan fingerprint density at radius 3 is 2.58 bits per heavy atom. The van der Waals surface area contributed by atoms with Gasteiger partial charge in [-0.15, -0.1) is 0 Å². The van der Waals surface area contributed by atoms with E-state index in [1.807, 2.05) is 30.6 Å². The van der Waals surface area contributed by atoms with E-state index in [1.165, 1.54) is 18.2 Å². The molecule has 0 saturated heterocycles. The van der Waals surface area contributed by atoms with E-state index in [4.69, 9.17) is 0 Å². The molecule has 1 amide bonds. The van der Waals surface area contributed by atoms with Crippen LogP contribution in [0.2, 0.25) is 0 Å². The Morgan fingerprint density at radius 1 is 1.30 bits per heavy atom. The van der Waals surface area contributed by atoms with Crippen LogP contribution in [0.4, 0.5) is 9.52 Å². The molecule has 3 aromatic rings. The third-order valence-corrected chi connectivity index (χ3v) is 7.27. The first-order chi connectivity index (χ1) is 15.5. The smallest absolute Gasteiger partial charge is 0.268 e. The average Bonchev–Trinajstić information content (AvgIpc) is 3.31. The second-order valence-corrected chi connectivity index (χ2v) is 10.5. The zero-order valence-corrected chi connectivity index (χ0v) is 20.1. The largest absolute Gasteiger partial charge is 0.318 e. The zero-order valence-electron chi connectivity index (χ0n) is 18.5. The minimum Gasteiger partial charge on any atom is -0.318 e. The van der Waals surface area contributed by atoms with Crippen molar-refractivity contribution in [3.05, 3.63) is 58.7 Å². The summed E-state index contributed by atoms with van der Waals surface area (Å²) in [7, 11) is -3.65. The predicted octanol–water partition coefficient (Wildman–Crippen LogP) is 4.06. The van der Waals surface area contributed by atoms with Crippen molar-refractivity contribution in [1.29, 1.82) is 5.26 Å². The molecule has 3 rings (SSSR count). The standard InChI is InChI=1S/C22H22FN5O3S2/c1-13(2)12-33(30,31)22-26-21(32-27-22)25-20(29)17(11-24)10-16-9-14(3)28(15(16)4)19-7-5-18(23)6-8-19/h5-10,13H,12H2,1-4H3,(H,25,26,27,29)/b17-10-. The van der Waals surface area contributed by atoms with Gasteiger partial charge in [-0.25, -0.2) is 12.8 Å². The average molecular weight is 488 g/mol. The maximum Gasteiger partial charge on any atom is 0.268 e. The topological polar surface area (TPSA) is 118 Å². The molecular weight excluding hydrogens is 465 g/mol. The first-order valence-corrected chi connectivity index (χ1v) is 12.4. The van der Waals surface area contributed by atoms with Crippen molar-refractivity contribution in [2.75, 3.05) is 11.1 Å². The molecule has 0 spiro atoms. The fourth-order valence-electron chi connectivity index (χ4n) is 3.29. The molecule has 1 aromatic carbocycles. The molecule has 0 unspecified atom stereocenters. The van der Waals surface area contributed by atoms with E-state index in [9.17, 15) is 22.9 Å². The van der Waals surface area contributed by atoms with Gasteiger partial charge in [0.25, 0.3) is 11.1 Å². The van der Waals surface area contributed by atoms with Crippen molar-refractivity contribution >= 4 is 38.5 Å². The van der Waals surface area contributed by atoms with E-state index >= 15 is 0 Å². The van der Waals surface area contributed by atoms with Gasteiger partial charge in [0, 0.05) is 28.6 Å². The molecule has 2 heterocycles.